The summed E-state index contributed by atoms with van der Waals surface area (Å²) in [5.41, 5.74) is 3.08. The van der Waals surface area contributed by atoms with Crippen molar-refractivity contribution >= 4 is 44.8 Å². The molecule has 3 aromatic carbocycles. The molecule has 0 unspecified atom stereocenters. The van der Waals surface area contributed by atoms with Crippen LogP contribution in [0.4, 0.5) is 0 Å². The van der Waals surface area contributed by atoms with E-state index in [1.54, 1.807) is 48.5 Å². The SMILES string of the molecule is NS(=O)(=O)c1ccccc1-n1nc(-c2ccc(Cl)cc2)cc1-c1ccc(Cl)c(Cl)c1. The maximum Gasteiger partial charge on any atom is 0.240 e. The van der Waals surface area contributed by atoms with E-state index in [1.165, 1.54) is 10.7 Å². The molecule has 4 rings (SSSR count). The number of primary sulfonamides is 1. The van der Waals surface area contributed by atoms with Crippen molar-refractivity contribution in [1.82, 2.24) is 9.78 Å². The van der Waals surface area contributed by atoms with Gasteiger partial charge >= 0.3 is 0 Å². The molecule has 1 aromatic heterocycles. The van der Waals surface area contributed by atoms with Crippen LogP contribution in [-0.2, 0) is 10.0 Å². The van der Waals surface area contributed by atoms with Crippen LogP contribution in [0.25, 0.3) is 28.2 Å². The Labute approximate surface area is 188 Å². The van der Waals surface area contributed by atoms with Crippen molar-refractivity contribution in [1.29, 1.82) is 0 Å². The van der Waals surface area contributed by atoms with E-state index in [9.17, 15) is 8.42 Å². The summed E-state index contributed by atoms with van der Waals surface area (Å²) in [4.78, 5) is -0.0444. The molecule has 5 nitrogen and oxygen atoms in total. The van der Waals surface area contributed by atoms with Crippen molar-refractivity contribution in [2.75, 3.05) is 0 Å². The lowest BCUT2D eigenvalue weighted by atomic mass is 10.1. The van der Waals surface area contributed by atoms with Gasteiger partial charge in [-0.2, -0.15) is 5.10 Å². The molecule has 0 bridgehead atoms. The highest BCUT2D eigenvalue weighted by Crippen LogP contribution is 2.34. The Kier molecular flexibility index (Phi) is 5.61. The van der Waals surface area contributed by atoms with Gasteiger partial charge in [0.1, 0.15) is 4.90 Å². The fourth-order valence-corrected chi connectivity index (χ4v) is 4.20. The molecule has 1 heterocycles. The number of aromatic nitrogens is 2. The summed E-state index contributed by atoms with van der Waals surface area (Å²) in [6.45, 7) is 0. The lowest BCUT2D eigenvalue weighted by Crippen LogP contribution is -2.16. The number of hydrogen-bond donors (Lipinski definition) is 1. The zero-order valence-electron chi connectivity index (χ0n) is 15.3. The van der Waals surface area contributed by atoms with Gasteiger partial charge in [0.05, 0.1) is 27.1 Å². The van der Waals surface area contributed by atoms with Crippen LogP contribution < -0.4 is 5.14 Å². The van der Waals surface area contributed by atoms with E-state index in [2.05, 4.69) is 5.10 Å². The maximum absolute atomic E-state index is 12.2. The molecule has 0 fully saturated rings. The highest BCUT2D eigenvalue weighted by molar-refractivity contribution is 7.89. The summed E-state index contributed by atoms with van der Waals surface area (Å²) in [6, 6.07) is 20.6. The smallest absolute Gasteiger partial charge is 0.231 e. The first-order valence-electron chi connectivity index (χ1n) is 8.68. The van der Waals surface area contributed by atoms with Crippen LogP contribution in [0.5, 0.6) is 0 Å². The van der Waals surface area contributed by atoms with Crippen molar-refractivity contribution in [2.24, 2.45) is 5.14 Å². The molecular weight excluding hydrogens is 465 g/mol. The Morgan fingerprint density at radius 3 is 2.13 bits per heavy atom. The fourth-order valence-electron chi connectivity index (χ4n) is 3.06. The van der Waals surface area contributed by atoms with Gasteiger partial charge in [0, 0.05) is 16.1 Å². The summed E-state index contributed by atoms with van der Waals surface area (Å²) in [6.07, 6.45) is 0. The Morgan fingerprint density at radius 1 is 0.800 bits per heavy atom. The third-order valence-electron chi connectivity index (χ3n) is 4.46. The Balaban J connectivity index is 2.00. The lowest BCUT2D eigenvalue weighted by molar-refractivity contribution is 0.596. The van der Waals surface area contributed by atoms with Gasteiger partial charge in [-0.3, -0.25) is 0 Å². The molecule has 0 radical (unpaired) electrons. The molecule has 152 valence electrons. The zero-order chi connectivity index (χ0) is 21.5. The summed E-state index contributed by atoms with van der Waals surface area (Å²) in [7, 11) is -3.98. The summed E-state index contributed by atoms with van der Waals surface area (Å²) >= 11 is 18.3. The number of nitrogens with two attached hydrogens (primary N) is 1. The quantitative estimate of drug-likeness (QED) is 0.402. The van der Waals surface area contributed by atoms with E-state index in [4.69, 9.17) is 39.9 Å². The highest BCUT2D eigenvalue weighted by atomic mass is 35.5. The lowest BCUT2D eigenvalue weighted by Gasteiger charge is -2.12. The van der Waals surface area contributed by atoms with Crippen LogP contribution in [-0.4, -0.2) is 18.2 Å². The molecule has 0 atom stereocenters. The number of benzene rings is 3. The summed E-state index contributed by atoms with van der Waals surface area (Å²) < 4.78 is 25.9. The number of rotatable bonds is 4. The summed E-state index contributed by atoms with van der Waals surface area (Å²) in [5.74, 6) is 0. The minimum absolute atomic E-state index is 0.0444. The Bertz CT molecular complexity index is 1350. The minimum atomic E-state index is -3.98. The minimum Gasteiger partial charge on any atom is -0.231 e. The summed E-state index contributed by atoms with van der Waals surface area (Å²) in [5, 5.41) is 11.5. The van der Waals surface area contributed by atoms with Gasteiger partial charge in [-0.05, 0) is 42.5 Å². The van der Waals surface area contributed by atoms with Gasteiger partial charge < -0.3 is 0 Å². The molecule has 30 heavy (non-hydrogen) atoms. The van der Waals surface area contributed by atoms with Crippen molar-refractivity contribution < 1.29 is 8.42 Å². The van der Waals surface area contributed by atoms with Crippen LogP contribution in [0.3, 0.4) is 0 Å². The standard InChI is InChI=1S/C21H14Cl3N3O2S/c22-15-8-5-13(6-9-15)18-12-20(14-7-10-16(23)17(24)11-14)27(26-18)19-3-1-2-4-21(19)30(25,28)29/h1-12H,(H2,25,28,29). The fraction of sp³-hybridized carbons (Fsp3) is 0. The van der Waals surface area contributed by atoms with Crippen molar-refractivity contribution in [3.63, 3.8) is 0 Å². The van der Waals surface area contributed by atoms with Gasteiger partial charge in [0.2, 0.25) is 10.0 Å². The predicted octanol–water partition coefficient (Wildman–Crippen LogP) is 5.81. The number of nitrogens with zero attached hydrogens (tertiary/aromatic N) is 2. The molecule has 2 N–H and O–H groups in total. The zero-order valence-corrected chi connectivity index (χ0v) is 18.3. The van der Waals surface area contributed by atoms with Gasteiger partial charge in [-0.25, -0.2) is 18.2 Å². The molecule has 0 saturated carbocycles. The number of hydrogen-bond acceptors (Lipinski definition) is 3. The third kappa shape index (κ3) is 4.10. The van der Waals surface area contributed by atoms with Crippen molar-refractivity contribution in [3.8, 4) is 28.2 Å². The molecular formula is C21H14Cl3N3O2S. The van der Waals surface area contributed by atoms with Crippen LogP contribution in [0.1, 0.15) is 0 Å². The second-order valence-electron chi connectivity index (χ2n) is 6.48. The molecule has 0 saturated heterocycles. The average molecular weight is 479 g/mol. The second kappa shape index (κ2) is 8.06. The van der Waals surface area contributed by atoms with E-state index >= 15 is 0 Å². The number of halogens is 3. The van der Waals surface area contributed by atoms with E-state index in [-0.39, 0.29) is 4.90 Å². The molecule has 0 spiro atoms. The molecule has 0 amide bonds. The largest absolute Gasteiger partial charge is 0.240 e. The normalized spacial score (nSPS) is 11.6. The van der Waals surface area contributed by atoms with Crippen molar-refractivity contribution in [3.05, 3.63) is 87.9 Å². The highest BCUT2D eigenvalue weighted by Gasteiger charge is 2.20. The average Bonchev–Trinajstić information content (AvgIpc) is 3.15. The van der Waals surface area contributed by atoms with Gasteiger partial charge in [-0.15, -0.1) is 0 Å². The molecule has 4 aromatic rings. The first kappa shape index (κ1) is 20.9. The van der Waals surface area contributed by atoms with Crippen LogP contribution in [0.15, 0.2) is 77.7 Å². The van der Waals surface area contributed by atoms with E-state index in [0.717, 1.165) is 5.56 Å². The van der Waals surface area contributed by atoms with E-state index in [1.807, 2.05) is 18.2 Å². The first-order valence-corrected chi connectivity index (χ1v) is 11.4. The Morgan fingerprint density at radius 2 is 1.47 bits per heavy atom. The molecule has 9 heteroatoms. The van der Waals surface area contributed by atoms with Crippen LogP contribution in [0, 0.1) is 0 Å². The first-order chi connectivity index (χ1) is 14.2. The maximum atomic E-state index is 12.2. The van der Waals surface area contributed by atoms with Gasteiger partial charge in [-0.1, -0.05) is 65.1 Å². The van der Waals surface area contributed by atoms with E-state index in [0.29, 0.717) is 37.7 Å². The van der Waals surface area contributed by atoms with Crippen LogP contribution >= 0.6 is 34.8 Å². The predicted molar refractivity (Wildman–Crippen MR) is 121 cm³/mol. The molecule has 0 aliphatic rings. The van der Waals surface area contributed by atoms with Gasteiger partial charge in [0.15, 0.2) is 0 Å². The van der Waals surface area contributed by atoms with E-state index < -0.39 is 10.0 Å². The molecule has 0 aliphatic carbocycles. The second-order valence-corrected chi connectivity index (χ2v) is 9.26. The van der Waals surface area contributed by atoms with Gasteiger partial charge in [0.25, 0.3) is 0 Å². The number of sulfonamides is 1. The number of para-hydroxylation sites is 1. The van der Waals surface area contributed by atoms with Crippen LogP contribution in [0.2, 0.25) is 15.1 Å². The molecule has 0 aliphatic heterocycles. The monoisotopic (exact) mass is 477 g/mol. The third-order valence-corrected chi connectivity index (χ3v) is 6.41. The van der Waals surface area contributed by atoms with Crippen molar-refractivity contribution in [2.45, 2.75) is 4.90 Å². The topological polar surface area (TPSA) is 78.0 Å². The Hall–Kier alpha value is -2.35.